The van der Waals surface area contributed by atoms with Crippen molar-refractivity contribution in [3.05, 3.63) is 29.1 Å². The summed E-state index contributed by atoms with van der Waals surface area (Å²) in [6.45, 7) is 0. The van der Waals surface area contributed by atoms with Crippen LogP contribution in [-0.4, -0.2) is 11.3 Å². The average molecular weight is 260 g/mol. The molecule has 0 N–H and O–H groups in total. The monoisotopic (exact) mass is 260 g/mol. The number of rotatable bonds is 1. The normalized spacial score (nSPS) is 28.7. The molecular formula is C8H5F5S2. The summed E-state index contributed by atoms with van der Waals surface area (Å²) < 4.78 is 64.7. The van der Waals surface area contributed by atoms with Gasteiger partial charge in [0.05, 0.1) is 4.90 Å². The minimum atomic E-state index is -2.09. The molecule has 1 saturated heterocycles. The Hall–Kier alpha value is -0.430. The maximum absolute atomic E-state index is 13.2. The Bertz CT molecular complexity index is 412. The molecule has 1 aromatic rings. The van der Waals surface area contributed by atoms with Crippen LogP contribution in [0.15, 0.2) is 4.90 Å². The highest BCUT2D eigenvalue weighted by Gasteiger charge is 2.43. The first-order valence-electron chi connectivity index (χ1n) is 3.80. The van der Waals surface area contributed by atoms with Gasteiger partial charge < -0.3 is 0 Å². The Balaban J connectivity index is 2.74. The van der Waals surface area contributed by atoms with Crippen molar-refractivity contribution in [2.75, 3.05) is 11.3 Å². The third-order valence-corrected chi connectivity index (χ3v) is 7.57. The summed E-state index contributed by atoms with van der Waals surface area (Å²) in [5, 5.41) is 0.436. The van der Waals surface area contributed by atoms with Gasteiger partial charge in [0, 0.05) is 5.08 Å². The van der Waals surface area contributed by atoms with Crippen molar-refractivity contribution in [1.29, 1.82) is 0 Å². The van der Waals surface area contributed by atoms with Crippen LogP contribution < -0.4 is 0 Å². The zero-order valence-corrected chi connectivity index (χ0v) is 9.05. The number of hydrogen-bond acceptors (Lipinski definition) is 1. The topological polar surface area (TPSA) is 0 Å². The quantitative estimate of drug-likeness (QED) is 0.243. The van der Waals surface area contributed by atoms with Crippen LogP contribution in [0.4, 0.5) is 22.0 Å². The second-order valence-electron chi connectivity index (χ2n) is 3.14. The molecule has 7 heteroatoms. The van der Waals surface area contributed by atoms with E-state index >= 15 is 0 Å². The molecule has 0 aromatic heterocycles. The van der Waals surface area contributed by atoms with Crippen molar-refractivity contribution in [2.24, 2.45) is 0 Å². The van der Waals surface area contributed by atoms with E-state index in [1.165, 1.54) is 17.0 Å². The van der Waals surface area contributed by atoms with Crippen LogP contribution in [0.2, 0.25) is 0 Å². The van der Waals surface area contributed by atoms with E-state index in [0.29, 0.717) is 5.08 Å². The molecule has 0 radical (unpaired) electrons. The van der Waals surface area contributed by atoms with Crippen LogP contribution in [0.3, 0.4) is 0 Å². The first kappa shape index (κ1) is 11.1. The van der Waals surface area contributed by atoms with Crippen LogP contribution in [0.1, 0.15) is 0 Å². The summed E-state index contributed by atoms with van der Waals surface area (Å²) in [6, 6.07) is 0. The van der Waals surface area contributed by atoms with Gasteiger partial charge in [-0.3, -0.25) is 0 Å². The first-order valence-corrected chi connectivity index (χ1v) is 7.51. The molecule has 1 unspecified atom stereocenters. The Morgan fingerprint density at radius 3 is 1.53 bits per heavy atom. The molecule has 1 heterocycles. The average Bonchev–Trinajstić information content (AvgIpc) is 2.91. The van der Waals surface area contributed by atoms with E-state index in [2.05, 4.69) is 0 Å². The molecule has 15 heavy (non-hydrogen) atoms. The predicted molar refractivity (Wildman–Crippen MR) is 50.5 cm³/mol. The second kappa shape index (κ2) is 3.28. The zero-order chi connectivity index (χ0) is 11.4. The fourth-order valence-electron chi connectivity index (χ4n) is 1.15. The molecule has 2 rings (SSSR count). The van der Waals surface area contributed by atoms with Gasteiger partial charge in [-0.25, -0.2) is 22.0 Å². The molecule has 1 aliphatic rings. The lowest BCUT2D eigenvalue weighted by Gasteiger charge is -2.15. The molecular weight excluding hydrogens is 255 g/mol. The van der Waals surface area contributed by atoms with Crippen molar-refractivity contribution < 1.29 is 22.0 Å². The van der Waals surface area contributed by atoms with Crippen LogP contribution in [0, 0.1) is 29.1 Å². The fraction of sp³-hybridized carbons (Fsp3) is 0.250. The van der Waals surface area contributed by atoms with Gasteiger partial charge in [0.1, 0.15) is 0 Å². The highest BCUT2D eigenvalue weighted by Crippen LogP contribution is 2.81. The van der Waals surface area contributed by atoms with Gasteiger partial charge >= 0.3 is 0 Å². The second-order valence-corrected chi connectivity index (χ2v) is 9.65. The third-order valence-electron chi connectivity index (χ3n) is 2.07. The van der Waals surface area contributed by atoms with Crippen molar-refractivity contribution in [3.8, 4) is 0 Å². The molecule has 0 aliphatic carbocycles. The summed E-state index contributed by atoms with van der Waals surface area (Å²) in [7, 11) is -0.633. The summed E-state index contributed by atoms with van der Waals surface area (Å²) in [5.74, 6) is -9.18. The Morgan fingerprint density at radius 1 is 0.867 bits per heavy atom. The summed E-state index contributed by atoms with van der Waals surface area (Å²) in [4.78, 5) is -0.635. The molecule has 0 bridgehead atoms. The van der Waals surface area contributed by atoms with Crippen molar-refractivity contribution in [3.63, 3.8) is 0 Å². The first-order chi connectivity index (χ1) is 6.88. The number of hydrogen-bond donors (Lipinski definition) is 0. The van der Waals surface area contributed by atoms with E-state index in [1.54, 1.807) is 0 Å². The number of benzene rings is 1. The molecule has 84 valence electrons. The van der Waals surface area contributed by atoms with E-state index in [0.717, 1.165) is 0 Å². The standard InChI is InChI=1S/C8H5F5S2/c1-15(2-14-15)8-6(12)4(10)3(9)5(11)7(8)13/h2H2,1H3. The fourth-order valence-corrected chi connectivity index (χ4v) is 5.35. The molecule has 0 spiro atoms. The Kier molecular flexibility index (Phi) is 2.42. The Labute approximate surface area is 87.6 Å². The highest BCUT2D eigenvalue weighted by atomic mass is 33.2. The van der Waals surface area contributed by atoms with Gasteiger partial charge in [0.2, 0.25) is 5.82 Å². The van der Waals surface area contributed by atoms with E-state index in [9.17, 15) is 22.0 Å². The van der Waals surface area contributed by atoms with Crippen LogP contribution in [0.25, 0.3) is 0 Å². The molecule has 1 fully saturated rings. The summed E-state index contributed by atoms with van der Waals surface area (Å²) in [6.07, 6.45) is 1.52. The lowest BCUT2D eigenvalue weighted by Crippen LogP contribution is -2.05. The molecule has 1 aromatic carbocycles. The van der Waals surface area contributed by atoms with Crippen LogP contribution >= 0.6 is 19.9 Å². The largest absolute Gasteiger partial charge is 0.202 e. The van der Waals surface area contributed by atoms with Gasteiger partial charge in [-0.05, 0) is 6.26 Å². The van der Waals surface area contributed by atoms with Gasteiger partial charge in [0.25, 0.3) is 0 Å². The summed E-state index contributed by atoms with van der Waals surface area (Å²) >= 11 is 0. The molecule has 1 atom stereocenters. The smallest absolute Gasteiger partial charge is 0.200 e. The SMILES string of the molecule is CS1(c2c(F)c(F)c(F)c(F)c2F)CS1. The molecule has 0 amide bonds. The van der Waals surface area contributed by atoms with Gasteiger partial charge in [-0.2, -0.15) is 9.06 Å². The third kappa shape index (κ3) is 1.52. The van der Waals surface area contributed by atoms with Crippen LogP contribution in [-0.2, 0) is 0 Å². The van der Waals surface area contributed by atoms with E-state index in [-0.39, 0.29) is 0 Å². The van der Waals surface area contributed by atoms with Gasteiger partial charge in [0.15, 0.2) is 23.3 Å². The lowest BCUT2D eigenvalue weighted by atomic mass is 10.3. The highest BCUT2D eigenvalue weighted by molar-refractivity contribution is 9.08. The van der Waals surface area contributed by atoms with Gasteiger partial charge in [-0.1, -0.05) is 10.8 Å². The molecule has 0 nitrogen and oxygen atoms in total. The lowest BCUT2D eigenvalue weighted by molar-refractivity contribution is 0.360. The van der Waals surface area contributed by atoms with Crippen molar-refractivity contribution in [1.82, 2.24) is 0 Å². The predicted octanol–water partition coefficient (Wildman–Crippen LogP) is 3.79. The molecule has 1 aliphatic heterocycles. The minimum absolute atomic E-state index is 0.436. The Morgan fingerprint density at radius 2 is 1.20 bits per heavy atom. The minimum Gasteiger partial charge on any atom is -0.202 e. The van der Waals surface area contributed by atoms with E-state index in [4.69, 9.17) is 0 Å². The van der Waals surface area contributed by atoms with Crippen molar-refractivity contribution >= 4 is 19.9 Å². The molecule has 0 saturated carbocycles. The summed E-state index contributed by atoms with van der Waals surface area (Å²) in [5.41, 5.74) is 0. The maximum atomic E-state index is 13.2. The van der Waals surface area contributed by atoms with E-state index in [1.807, 2.05) is 0 Å². The zero-order valence-electron chi connectivity index (χ0n) is 7.41. The van der Waals surface area contributed by atoms with E-state index < -0.39 is 43.0 Å². The van der Waals surface area contributed by atoms with Gasteiger partial charge in [-0.15, -0.1) is 0 Å². The maximum Gasteiger partial charge on any atom is 0.200 e. The number of halogens is 5. The van der Waals surface area contributed by atoms with Crippen molar-refractivity contribution in [2.45, 2.75) is 4.90 Å². The van der Waals surface area contributed by atoms with Crippen LogP contribution in [0.5, 0.6) is 0 Å².